The molecule has 0 heteroatoms. The molecule has 0 amide bonds. The van der Waals surface area contributed by atoms with Gasteiger partial charge in [0.15, 0.2) is 0 Å². The van der Waals surface area contributed by atoms with E-state index in [9.17, 15) is 0 Å². The first-order valence-electron chi connectivity index (χ1n) is 11.0. The van der Waals surface area contributed by atoms with Gasteiger partial charge in [0.2, 0.25) is 0 Å². The van der Waals surface area contributed by atoms with Crippen molar-refractivity contribution in [2.45, 2.75) is 0 Å². The first-order valence-corrected chi connectivity index (χ1v) is 11.0. The van der Waals surface area contributed by atoms with Crippen LogP contribution in [0.25, 0.3) is 55.6 Å². The summed E-state index contributed by atoms with van der Waals surface area (Å²) < 4.78 is 0. The fourth-order valence-corrected chi connectivity index (χ4v) is 4.42. The molecule has 0 N–H and O–H groups in total. The van der Waals surface area contributed by atoms with Gasteiger partial charge in [-0.25, -0.2) is 0 Å². The molecule has 0 fully saturated rings. The normalized spacial score (nSPS) is 11.6. The maximum Gasteiger partial charge on any atom is -0.0177 e. The van der Waals surface area contributed by atoms with E-state index in [1.807, 2.05) is 0 Å². The molecule has 0 bridgehead atoms. The number of benzene rings is 6. The summed E-state index contributed by atoms with van der Waals surface area (Å²) in [7, 11) is 0. The van der Waals surface area contributed by atoms with E-state index in [0.29, 0.717) is 0 Å². The van der Waals surface area contributed by atoms with Crippen molar-refractivity contribution in [3.05, 3.63) is 132 Å². The molecular weight excluding hydrogens is 384 g/mol. The fourth-order valence-electron chi connectivity index (χ4n) is 4.42. The molecule has 0 aromatic heterocycles. The van der Waals surface area contributed by atoms with E-state index in [4.69, 9.17) is 0 Å². The standard InChI is InChI=1S/C32H22/c1-3-7-27-19-23(11-13-25(27)5-1)9-10-24-12-14-30-22-32(18-17-29(30)20-24)31-16-15-26-6-2-4-8-28(26)21-31/h1-22H. The van der Waals surface area contributed by atoms with Gasteiger partial charge in [-0.3, -0.25) is 0 Å². The molecule has 6 aromatic carbocycles. The van der Waals surface area contributed by atoms with E-state index < -0.39 is 0 Å². The van der Waals surface area contributed by atoms with Crippen molar-refractivity contribution in [2.75, 3.05) is 0 Å². The van der Waals surface area contributed by atoms with Gasteiger partial charge < -0.3 is 0 Å². The lowest BCUT2D eigenvalue weighted by atomic mass is 9.98. The third-order valence-corrected chi connectivity index (χ3v) is 6.19. The van der Waals surface area contributed by atoms with Gasteiger partial charge in [-0.1, -0.05) is 109 Å². The van der Waals surface area contributed by atoms with Crippen LogP contribution in [-0.4, -0.2) is 0 Å². The van der Waals surface area contributed by atoms with Crippen molar-refractivity contribution in [2.24, 2.45) is 0 Å². The summed E-state index contributed by atoms with van der Waals surface area (Å²) in [5.74, 6) is 0. The Labute approximate surface area is 188 Å². The van der Waals surface area contributed by atoms with Crippen molar-refractivity contribution in [3.8, 4) is 11.1 Å². The maximum atomic E-state index is 2.29. The van der Waals surface area contributed by atoms with Gasteiger partial charge >= 0.3 is 0 Å². The molecule has 6 rings (SSSR count). The molecule has 0 radical (unpaired) electrons. The summed E-state index contributed by atoms with van der Waals surface area (Å²) in [5, 5.41) is 7.62. The second-order valence-corrected chi connectivity index (χ2v) is 8.32. The summed E-state index contributed by atoms with van der Waals surface area (Å²) in [6, 6.07) is 43.7. The molecule has 32 heavy (non-hydrogen) atoms. The van der Waals surface area contributed by atoms with Gasteiger partial charge in [0, 0.05) is 0 Å². The lowest BCUT2D eigenvalue weighted by Gasteiger charge is -2.07. The SMILES string of the molecule is C(=Cc1ccc2cc(-c3ccc4ccccc4c3)ccc2c1)c1ccc2ccccc2c1. The molecule has 0 heterocycles. The van der Waals surface area contributed by atoms with E-state index in [1.54, 1.807) is 0 Å². The number of hydrogen-bond donors (Lipinski definition) is 0. The van der Waals surface area contributed by atoms with Crippen molar-refractivity contribution in [1.29, 1.82) is 0 Å². The third-order valence-electron chi connectivity index (χ3n) is 6.19. The first-order chi connectivity index (χ1) is 15.8. The Kier molecular flexibility index (Phi) is 4.55. The van der Waals surface area contributed by atoms with Gasteiger partial charge in [-0.05, 0) is 78.8 Å². The van der Waals surface area contributed by atoms with Gasteiger partial charge in [0.25, 0.3) is 0 Å². The molecule has 0 nitrogen and oxygen atoms in total. The van der Waals surface area contributed by atoms with Crippen LogP contribution in [0.3, 0.4) is 0 Å². The average Bonchev–Trinajstić information content (AvgIpc) is 2.86. The summed E-state index contributed by atoms with van der Waals surface area (Å²) in [6.45, 7) is 0. The minimum atomic E-state index is 1.21. The zero-order valence-electron chi connectivity index (χ0n) is 17.7. The highest BCUT2D eigenvalue weighted by molar-refractivity contribution is 5.93. The van der Waals surface area contributed by atoms with E-state index in [-0.39, 0.29) is 0 Å². The summed E-state index contributed by atoms with van der Waals surface area (Å²) in [4.78, 5) is 0. The Bertz CT molecular complexity index is 1620. The Morgan fingerprint density at radius 1 is 0.312 bits per heavy atom. The summed E-state index contributed by atoms with van der Waals surface area (Å²) in [6.07, 6.45) is 4.39. The molecule has 0 atom stereocenters. The minimum absolute atomic E-state index is 1.21. The minimum Gasteiger partial charge on any atom is -0.0616 e. The van der Waals surface area contributed by atoms with E-state index in [2.05, 4.69) is 133 Å². The Morgan fingerprint density at radius 3 is 1.28 bits per heavy atom. The van der Waals surface area contributed by atoms with Crippen molar-refractivity contribution in [3.63, 3.8) is 0 Å². The van der Waals surface area contributed by atoms with Crippen LogP contribution in [0.5, 0.6) is 0 Å². The average molecular weight is 407 g/mol. The smallest absolute Gasteiger partial charge is 0.0177 e. The van der Waals surface area contributed by atoms with E-state index in [1.165, 1.54) is 54.6 Å². The third kappa shape index (κ3) is 3.57. The van der Waals surface area contributed by atoms with E-state index >= 15 is 0 Å². The second kappa shape index (κ2) is 7.83. The van der Waals surface area contributed by atoms with Gasteiger partial charge in [-0.15, -0.1) is 0 Å². The second-order valence-electron chi connectivity index (χ2n) is 8.32. The zero-order chi connectivity index (χ0) is 21.3. The molecular formula is C32H22. The predicted octanol–water partition coefficient (Wildman–Crippen LogP) is 8.98. The molecule has 0 spiro atoms. The number of hydrogen-bond acceptors (Lipinski definition) is 0. The molecule has 0 aliphatic rings. The molecule has 0 saturated heterocycles. The van der Waals surface area contributed by atoms with Crippen LogP contribution in [0.2, 0.25) is 0 Å². The van der Waals surface area contributed by atoms with E-state index in [0.717, 1.165) is 0 Å². The highest BCUT2D eigenvalue weighted by Gasteiger charge is 2.02. The largest absolute Gasteiger partial charge is 0.0616 e. The first kappa shape index (κ1) is 18.6. The van der Waals surface area contributed by atoms with Crippen molar-refractivity contribution >= 4 is 44.5 Å². The fraction of sp³-hybridized carbons (Fsp3) is 0. The van der Waals surface area contributed by atoms with Crippen LogP contribution in [0.15, 0.2) is 121 Å². The van der Waals surface area contributed by atoms with Gasteiger partial charge in [0.1, 0.15) is 0 Å². The zero-order valence-corrected chi connectivity index (χ0v) is 17.7. The molecule has 150 valence electrons. The van der Waals surface area contributed by atoms with Crippen LogP contribution in [0.1, 0.15) is 11.1 Å². The Hall–Kier alpha value is -4.16. The van der Waals surface area contributed by atoms with Gasteiger partial charge in [-0.2, -0.15) is 0 Å². The highest BCUT2D eigenvalue weighted by Crippen LogP contribution is 2.28. The quantitative estimate of drug-likeness (QED) is 0.257. The summed E-state index contributed by atoms with van der Waals surface area (Å²) >= 11 is 0. The Balaban J connectivity index is 1.30. The van der Waals surface area contributed by atoms with Crippen molar-refractivity contribution in [1.82, 2.24) is 0 Å². The van der Waals surface area contributed by atoms with Gasteiger partial charge in [0.05, 0.1) is 0 Å². The maximum absolute atomic E-state index is 2.29. The molecule has 0 aliphatic heterocycles. The molecule has 0 aliphatic carbocycles. The number of fused-ring (bicyclic) bond motifs is 3. The predicted molar refractivity (Wildman–Crippen MR) is 140 cm³/mol. The van der Waals surface area contributed by atoms with Crippen LogP contribution < -0.4 is 0 Å². The van der Waals surface area contributed by atoms with Crippen LogP contribution >= 0.6 is 0 Å². The highest BCUT2D eigenvalue weighted by atomic mass is 14.1. The lowest BCUT2D eigenvalue weighted by Crippen LogP contribution is -1.82. The van der Waals surface area contributed by atoms with Crippen LogP contribution in [0, 0.1) is 0 Å². The lowest BCUT2D eigenvalue weighted by molar-refractivity contribution is 1.66. The molecule has 6 aromatic rings. The van der Waals surface area contributed by atoms with Crippen LogP contribution in [0.4, 0.5) is 0 Å². The molecule has 0 saturated carbocycles. The monoisotopic (exact) mass is 406 g/mol. The topological polar surface area (TPSA) is 0 Å². The summed E-state index contributed by atoms with van der Waals surface area (Å²) in [5.41, 5.74) is 4.94. The number of rotatable bonds is 3. The Morgan fingerprint density at radius 2 is 0.688 bits per heavy atom. The van der Waals surface area contributed by atoms with Crippen LogP contribution in [-0.2, 0) is 0 Å². The van der Waals surface area contributed by atoms with Crippen molar-refractivity contribution < 1.29 is 0 Å². The molecule has 0 unspecified atom stereocenters.